The lowest BCUT2D eigenvalue weighted by atomic mass is 9.72. The monoisotopic (exact) mass is 261 g/mol. The van der Waals surface area contributed by atoms with Crippen molar-refractivity contribution in [1.82, 2.24) is 0 Å². The van der Waals surface area contributed by atoms with E-state index in [1.165, 1.54) is 0 Å². The fourth-order valence-corrected chi connectivity index (χ4v) is 4.48. The Labute approximate surface area is 110 Å². The molecule has 2 bridgehead atoms. The van der Waals surface area contributed by atoms with Crippen molar-refractivity contribution in [3.05, 3.63) is 52.6 Å². The molecule has 1 fully saturated rings. The van der Waals surface area contributed by atoms with Crippen molar-refractivity contribution in [2.45, 2.75) is 29.0 Å². The first-order valence-corrected chi connectivity index (χ1v) is 7.17. The van der Waals surface area contributed by atoms with Crippen molar-refractivity contribution in [3.8, 4) is 0 Å². The molecule has 0 radical (unpaired) electrons. The normalized spacial score (nSPS) is 33.6. The maximum absolute atomic E-state index is 11.3. The van der Waals surface area contributed by atoms with Gasteiger partial charge in [0.05, 0.1) is 5.25 Å². The zero-order chi connectivity index (χ0) is 12.5. The van der Waals surface area contributed by atoms with Gasteiger partial charge in [-0.3, -0.25) is 10.1 Å². The van der Waals surface area contributed by atoms with Crippen molar-refractivity contribution < 1.29 is 4.92 Å². The number of nitrogens with zero attached hydrogens (tertiary/aromatic N) is 1. The molecule has 4 heteroatoms. The van der Waals surface area contributed by atoms with E-state index in [1.807, 2.05) is 30.3 Å². The number of fused-ring (bicyclic) bond motifs is 2. The summed E-state index contributed by atoms with van der Waals surface area (Å²) in [6.07, 6.45) is 6.31. The Morgan fingerprint density at radius 1 is 1.11 bits per heavy atom. The van der Waals surface area contributed by atoms with E-state index < -0.39 is 6.04 Å². The molecule has 4 atom stereocenters. The second-order valence-corrected chi connectivity index (χ2v) is 6.21. The van der Waals surface area contributed by atoms with Gasteiger partial charge in [-0.2, -0.15) is 0 Å². The van der Waals surface area contributed by atoms with Crippen molar-refractivity contribution in [1.29, 1.82) is 0 Å². The van der Waals surface area contributed by atoms with Crippen molar-refractivity contribution in [2.24, 2.45) is 11.8 Å². The summed E-state index contributed by atoms with van der Waals surface area (Å²) in [4.78, 5) is 12.4. The first-order chi connectivity index (χ1) is 8.75. The Morgan fingerprint density at radius 2 is 1.78 bits per heavy atom. The van der Waals surface area contributed by atoms with E-state index in [2.05, 4.69) is 12.2 Å². The Kier molecular flexibility index (Phi) is 3.12. The van der Waals surface area contributed by atoms with Gasteiger partial charge < -0.3 is 0 Å². The number of benzene rings is 1. The third kappa shape index (κ3) is 2.05. The Bertz CT molecular complexity index is 474. The number of nitro groups is 1. The lowest BCUT2D eigenvalue weighted by Gasteiger charge is -2.39. The summed E-state index contributed by atoms with van der Waals surface area (Å²) in [6, 6.07) is 9.60. The Balaban J connectivity index is 1.85. The SMILES string of the molecule is O=[N+]([O-])[C@H]1[C@H](Sc2ccccc2)[C@H]2C=C[C@@H]1CC2. The molecule has 3 aliphatic rings. The van der Waals surface area contributed by atoms with Crippen LogP contribution in [0.15, 0.2) is 47.4 Å². The topological polar surface area (TPSA) is 43.1 Å². The second-order valence-electron chi connectivity index (χ2n) is 4.96. The van der Waals surface area contributed by atoms with Gasteiger partial charge in [0.25, 0.3) is 0 Å². The predicted molar refractivity (Wildman–Crippen MR) is 72.2 cm³/mol. The second kappa shape index (κ2) is 4.76. The third-order valence-corrected chi connectivity index (χ3v) is 5.34. The zero-order valence-corrected chi connectivity index (χ0v) is 10.8. The molecular weight excluding hydrogens is 246 g/mol. The zero-order valence-electron chi connectivity index (χ0n) is 9.94. The van der Waals surface area contributed by atoms with Gasteiger partial charge >= 0.3 is 0 Å². The highest BCUT2D eigenvalue weighted by atomic mass is 32.2. The van der Waals surface area contributed by atoms with Crippen LogP contribution in [-0.4, -0.2) is 16.2 Å². The average molecular weight is 261 g/mol. The molecule has 0 spiro atoms. The van der Waals surface area contributed by atoms with Gasteiger partial charge in [0.2, 0.25) is 6.04 Å². The standard InChI is InChI=1S/C14H15NO2S/c16-15(17)13-10-6-8-11(9-7-10)14(13)18-12-4-2-1-3-5-12/h1-6,8,10-11,13-14H,7,9H2/t10-,11+,13-,14-/m1/s1. The van der Waals surface area contributed by atoms with Crippen molar-refractivity contribution in [3.63, 3.8) is 0 Å². The molecule has 94 valence electrons. The molecule has 18 heavy (non-hydrogen) atoms. The molecule has 1 aromatic rings. The molecular formula is C14H15NO2S. The van der Waals surface area contributed by atoms with Crippen LogP contribution in [-0.2, 0) is 0 Å². The summed E-state index contributed by atoms with van der Waals surface area (Å²) < 4.78 is 0. The minimum atomic E-state index is -0.418. The lowest BCUT2D eigenvalue weighted by Crippen LogP contribution is -2.47. The van der Waals surface area contributed by atoms with E-state index in [9.17, 15) is 10.1 Å². The highest BCUT2D eigenvalue weighted by Gasteiger charge is 2.48. The summed E-state index contributed by atoms with van der Waals surface area (Å²) in [5.74, 6) is 0.488. The summed E-state index contributed by atoms with van der Waals surface area (Å²) in [6.45, 7) is 0. The summed E-state index contributed by atoms with van der Waals surface area (Å²) >= 11 is 1.67. The van der Waals surface area contributed by atoms with Gasteiger partial charge in [0, 0.05) is 15.7 Å². The largest absolute Gasteiger partial charge is 0.264 e. The first-order valence-electron chi connectivity index (χ1n) is 6.29. The highest BCUT2D eigenvalue weighted by Crippen LogP contribution is 2.45. The molecule has 1 saturated carbocycles. The fourth-order valence-electron chi connectivity index (χ4n) is 3.01. The Hall–Kier alpha value is -1.29. The van der Waals surface area contributed by atoms with Crippen LogP contribution in [0.2, 0.25) is 0 Å². The quantitative estimate of drug-likeness (QED) is 0.476. The van der Waals surface area contributed by atoms with E-state index in [4.69, 9.17) is 0 Å². The summed E-state index contributed by atoms with van der Waals surface area (Å²) in [5, 5.41) is 11.4. The van der Waals surface area contributed by atoms with E-state index >= 15 is 0 Å². The minimum absolute atomic E-state index is 0.0685. The molecule has 1 aromatic carbocycles. The maximum Gasteiger partial charge on any atom is 0.231 e. The Morgan fingerprint density at radius 3 is 2.39 bits per heavy atom. The molecule has 0 unspecified atom stereocenters. The number of rotatable bonds is 3. The predicted octanol–water partition coefficient (Wildman–Crippen LogP) is 3.39. The molecule has 0 amide bonds. The van der Waals surface area contributed by atoms with E-state index in [-0.39, 0.29) is 16.1 Å². The van der Waals surface area contributed by atoms with Gasteiger partial charge in [0.15, 0.2) is 0 Å². The summed E-state index contributed by atoms with van der Waals surface area (Å²) in [5.41, 5.74) is 0. The molecule has 0 N–H and O–H groups in total. The number of thioether (sulfide) groups is 1. The van der Waals surface area contributed by atoms with E-state index in [0.717, 1.165) is 17.7 Å². The van der Waals surface area contributed by atoms with Crippen molar-refractivity contribution in [2.75, 3.05) is 0 Å². The van der Waals surface area contributed by atoms with Crippen LogP contribution in [0.3, 0.4) is 0 Å². The first kappa shape index (κ1) is 11.8. The number of allylic oxidation sites excluding steroid dienone is 1. The maximum atomic E-state index is 11.3. The molecule has 3 aliphatic carbocycles. The minimum Gasteiger partial charge on any atom is -0.264 e. The molecule has 4 rings (SSSR count). The average Bonchev–Trinajstić information content (AvgIpc) is 2.40. The van der Waals surface area contributed by atoms with Gasteiger partial charge in [-0.25, -0.2) is 0 Å². The van der Waals surface area contributed by atoms with Crippen LogP contribution in [0, 0.1) is 22.0 Å². The van der Waals surface area contributed by atoms with Crippen LogP contribution in [0.25, 0.3) is 0 Å². The molecule has 0 aliphatic heterocycles. The van der Waals surface area contributed by atoms with E-state index in [1.54, 1.807) is 11.8 Å². The summed E-state index contributed by atoms with van der Waals surface area (Å²) in [7, 11) is 0. The van der Waals surface area contributed by atoms with E-state index in [0.29, 0.717) is 5.92 Å². The van der Waals surface area contributed by atoms with Crippen LogP contribution in [0.5, 0.6) is 0 Å². The van der Waals surface area contributed by atoms with Crippen LogP contribution in [0.1, 0.15) is 12.8 Å². The molecule has 0 aromatic heterocycles. The van der Waals surface area contributed by atoms with Gasteiger partial charge in [-0.1, -0.05) is 30.4 Å². The van der Waals surface area contributed by atoms with Crippen molar-refractivity contribution >= 4 is 11.8 Å². The molecule has 3 nitrogen and oxygen atoms in total. The van der Waals surface area contributed by atoms with Crippen LogP contribution in [0.4, 0.5) is 0 Å². The number of hydrogen-bond donors (Lipinski definition) is 0. The molecule has 0 heterocycles. The lowest BCUT2D eigenvalue weighted by molar-refractivity contribution is -0.533. The highest BCUT2D eigenvalue weighted by molar-refractivity contribution is 8.00. The van der Waals surface area contributed by atoms with Crippen LogP contribution < -0.4 is 0 Å². The third-order valence-electron chi connectivity index (χ3n) is 3.89. The van der Waals surface area contributed by atoms with Gasteiger partial charge in [-0.05, 0) is 30.9 Å². The van der Waals surface area contributed by atoms with Gasteiger partial charge in [-0.15, -0.1) is 11.8 Å². The van der Waals surface area contributed by atoms with Gasteiger partial charge in [0.1, 0.15) is 0 Å². The number of hydrogen-bond acceptors (Lipinski definition) is 3. The smallest absolute Gasteiger partial charge is 0.231 e. The fraction of sp³-hybridized carbons (Fsp3) is 0.429. The molecule has 0 saturated heterocycles. The van der Waals surface area contributed by atoms with Crippen LogP contribution >= 0.6 is 11.8 Å².